The molecule has 2 atom stereocenters. The Kier molecular flexibility index (Phi) is 5.01. The summed E-state index contributed by atoms with van der Waals surface area (Å²) in [5.41, 5.74) is 6.99. The Hall–Kier alpha value is -0.380. The molecule has 1 aromatic carbocycles. The molecule has 2 N–H and O–H groups in total. The van der Waals surface area contributed by atoms with Crippen LogP contribution in [0.2, 0.25) is 0 Å². The predicted molar refractivity (Wildman–Crippen MR) is 73.7 cm³/mol. The van der Waals surface area contributed by atoms with Crippen LogP contribution in [0.5, 0.6) is 0 Å². The van der Waals surface area contributed by atoms with Gasteiger partial charge < -0.3 is 10.5 Å². The maximum Gasteiger partial charge on any atom is 0.0727 e. The highest BCUT2D eigenvalue weighted by Crippen LogP contribution is 2.31. The first-order valence-electron chi connectivity index (χ1n) is 6.32. The minimum atomic E-state index is 0.669. The topological polar surface area (TPSA) is 35.2 Å². The van der Waals surface area contributed by atoms with Crippen molar-refractivity contribution in [1.82, 2.24) is 0 Å². The van der Waals surface area contributed by atoms with Crippen LogP contribution in [-0.4, -0.2) is 13.2 Å². The Bertz CT molecular complexity index is 356. The molecule has 0 saturated heterocycles. The molecule has 2 unspecified atom stereocenters. The zero-order valence-corrected chi connectivity index (χ0v) is 11.7. The van der Waals surface area contributed by atoms with Gasteiger partial charge in [-0.25, -0.2) is 0 Å². The lowest BCUT2D eigenvalue weighted by atomic mass is 9.97. The van der Waals surface area contributed by atoms with Crippen LogP contribution in [0.3, 0.4) is 0 Å². The lowest BCUT2D eigenvalue weighted by Crippen LogP contribution is -2.22. The van der Waals surface area contributed by atoms with Gasteiger partial charge in [-0.2, -0.15) is 0 Å². The zero-order valence-electron chi connectivity index (χ0n) is 10.1. The summed E-state index contributed by atoms with van der Waals surface area (Å²) < 4.78 is 6.96. The number of ether oxygens (including phenoxy) is 1. The summed E-state index contributed by atoms with van der Waals surface area (Å²) in [5.74, 6) is 1.34. The lowest BCUT2D eigenvalue weighted by molar-refractivity contribution is 0.0750. The third-order valence-electron chi connectivity index (χ3n) is 3.67. The summed E-state index contributed by atoms with van der Waals surface area (Å²) in [4.78, 5) is 0. The van der Waals surface area contributed by atoms with E-state index in [4.69, 9.17) is 10.5 Å². The Balaban J connectivity index is 1.78. The van der Waals surface area contributed by atoms with Gasteiger partial charge in [0.25, 0.3) is 0 Å². The molecule has 0 spiro atoms. The molecule has 0 amide bonds. The van der Waals surface area contributed by atoms with Crippen molar-refractivity contribution >= 4 is 15.9 Å². The van der Waals surface area contributed by atoms with Crippen LogP contribution in [-0.2, 0) is 11.3 Å². The first-order valence-corrected chi connectivity index (χ1v) is 7.11. The van der Waals surface area contributed by atoms with E-state index >= 15 is 0 Å². The van der Waals surface area contributed by atoms with Gasteiger partial charge >= 0.3 is 0 Å². The van der Waals surface area contributed by atoms with E-state index in [0.717, 1.165) is 17.6 Å². The Morgan fingerprint density at radius 3 is 2.76 bits per heavy atom. The summed E-state index contributed by atoms with van der Waals surface area (Å²) in [7, 11) is 0. The van der Waals surface area contributed by atoms with Crippen molar-refractivity contribution in [3.05, 3.63) is 34.3 Å². The summed E-state index contributed by atoms with van der Waals surface area (Å²) in [6.07, 6.45) is 3.86. The lowest BCUT2D eigenvalue weighted by Gasteiger charge is -2.17. The molecular formula is C14H20BrNO. The zero-order chi connectivity index (χ0) is 12.1. The molecule has 2 rings (SSSR count). The van der Waals surface area contributed by atoms with Gasteiger partial charge in [-0.1, -0.05) is 40.5 Å². The van der Waals surface area contributed by atoms with Gasteiger partial charge in [0.15, 0.2) is 0 Å². The standard InChI is InChI=1S/C14H20BrNO/c15-14-7-2-1-4-13(14)10-17-9-12-6-3-5-11(12)8-16/h1-2,4,7,11-12H,3,5-6,8-10,16H2. The molecule has 0 bridgehead atoms. The monoisotopic (exact) mass is 297 g/mol. The van der Waals surface area contributed by atoms with E-state index < -0.39 is 0 Å². The highest BCUT2D eigenvalue weighted by atomic mass is 79.9. The van der Waals surface area contributed by atoms with Gasteiger partial charge in [0.05, 0.1) is 13.2 Å². The van der Waals surface area contributed by atoms with E-state index in [-0.39, 0.29) is 0 Å². The number of benzene rings is 1. The van der Waals surface area contributed by atoms with Crippen LogP contribution in [0.4, 0.5) is 0 Å². The van der Waals surface area contributed by atoms with Crippen LogP contribution in [0.1, 0.15) is 24.8 Å². The maximum absolute atomic E-state index is 5.83. The minimum Gasteiger partial charge on any atom is -0.376 e. The fourth-order valence-electron chi connectivity index (χ4n) is 2.58. The number of rotatable bonds is 5. The van der Waals surface area contributed by atoms with Crippen molar-refractivity contribution in [2.24, 2.45) is 17.6 Å². The molecule has 1 aliphatic rings. The van der Waals surface area contributed by atoms with Gasteiger partial charge in [-0.05, 0) is 42.9 Å². The van der Waals surface area contributed by atoms with E-state index in [1.807, 2.05) is 12.1 Å². The molecule has 3 heteroatoms. The molecule has 94 valence electrons. The third kappa shape index (κ3) is 3.54. The van der Waals surface area contributed by atoms with Crippen LogP contribution >= 0.6 is 15.9 Å². The van der Waals surface area contributed by atoms with Gasteiger partial charge in [-0.15, -0.1) is 0 Å². The SMILES string of the molecule is NCC1CCCC1COCc1ccccc1Br. The van der Waals surface area contributed by atoms with E-state index in [2.05, 4.69) is 28.1 Å². The molecule has 1 fully saturated rings. The molecule has 1 saturated carbocycles. The van der Waals surface area contributed by atoms with Gasteiger partial charge in [0.1, 0.15) is 0 Å². The molecule has 1 aromatic rings. The van der Waals surface area contributed by atoms with Crippen LogP contribution < -0.4 is 5.73 Å². The number of hydrogen-bond acceptors (Lipinski definition) is 2. The summed E-state index contributed by atoms with van der Waals surface area (Å²) in [5, 5.41) is 0. The highest BCUT2D eigenvalue weighted by Gasteiger charge is 2.25. The Labute approximate surface area is 112 Å². The molecule has 0 heterocycles. The summed E-state index contributed by atoms with van der Waals surface area (Å²) >= 11 is 3.54. The molecule has 0 radical (unpaired) electrons. The van der Waals surface area contributed by atoms with Crippen LogP contribution in [0.25, 0.3) is 0 Å². The van der Waals surface area contributed by atoms with E-state index in [1.165, 1.54) is 24.8 Å². The molecule has 17 heavy (non-hydrogen) atoms. The predicted octanol–water partition coefficient (Wildman–Crippen LogP) is 3.34. The van der Waals surface area contributed by atoms with Crippen molar-refractivity contribution in [3.8, 4) is 0 Å². The van der Waals surface area contributed by atoms with Gasteiger partial charge in [-0.3, -0.25) is 0 Å². The number of halogens is 1. The largest absolute Gasteiger partial charge is 0.376 e. The maximum atomic E-state index is 5.83. The average molecular weight is 298 g/mol. The Morgan fingerprint density at radius 2 is 2.00 bits per heavy atom. The summed E-state index contributed by atoms with van der Waals surface area (Å²) in [6.45, 7) is 2.35. The second-order valence-electron chi connectivity index (χ2n) is 4.79. The van der Waals surface area contributed by atoms with E-state index in [1.54, 1.807) is 0 Å². The normalized spacial score (nSPS) is 24.1. The number of hydrogen-bond donors (Lipinski definition) is 1. The second kappa shape index (κ2) is 6.53. The number of nitrogens with two attached hydrogens (primary N) is 1. The van der Waals surface area contributed by atoms with Crippen LogP contribution in [0.15, 0.2) is 28.7 Å². The second-order valence-corrected chi connectivity index (χ2v) is 5.65. The van der Waals surface area contributed by atoms with E-state index in [0.29, 0.717) is 18.4 Å². The Morgan fingerprint density at radius 1 is 1.24 bits per heavy atom. The molecule has 0 aliphatic heterocycles. The van der Waals surface area contributed by atoms with Crippen LogP contribution in [0, 0.1) is 11.8 Å². The first kappa shape index (κ1) is 13.1. The minimum absolute atomic E-state index is 0.669. The molecule has 1 aliphatic carbocycles. The van der Waals surface area contributed by atoms with Crippen molar-refractivity contribution in [1.29, 1.82) is 0 Å². The van der Waals surface area contributed by atoms with Crippen molar-refractivity contribution in [2.75, 3.05) is 13.2 Å². The third-order valence-corrected chi connectivity index (χ3v) is 4.44. The fraction of sp³-hybridized carbons (Fsp3) is 0.571. The quantitative estimate of drug-likeness (QED) is 0.905. The highest BCUT2D eigenvalue weighted by molar-refractivity contribution is 9.10. The van der Waals surface area contributed by atoms with Crippen molar-refractivity contribution in [2.45, 2.75) is 25.9 Å². The first-order chi connectivity index (χ1) is 8.31. The summed E-state index contributed by atoms with van der Waals surface area (Å²) in [6, 6.07) is 8.22. The van der Waals surface area contributed by atoms with Gasteiger partial charge in [0, 0.05) is 4.47 Å². The average Bonchev–Trinajstić information content (AvgIpc) is 2.79. The van der Waals surface area contributed by atoms with Crippen molar-refractivity contribution in [3.63, 3.8) is 0 Å². The fourth-order valence-corrected chi connectivity index (χ4v) is 2.98. The smallest absolute Gasteiger partial charge is 0.0727 e. The van der Waals surface area contributed by atoms with E-state index in [9.17, 15) is 0 Å². The molecular weight excluding hydrogens is 278 g/mol. The van der Waals surface area contributed by atoms with Gasteiger partial charge in [0.2, 0.25) is 0 Å². The van der Waals surface area contributed by atoms with Crippen molar-refractivity contribution < 1.29 is 4.74 Å². The molecule has 2 nitrogen and oxygen atoms in total. The molecule has 0 aromatic heterocycles.